The van der Waals surface area contributed by atoms with Crippen molar-refractivity contribution in [2.24, 2.45) is 0 Å². The number of halogens is 1. The predicted octanol–water partition coefficient (Wildman–Crippen LogP) is 2.14. The minimum absolute atomic E-state index is 0.547. The number of nitrogens with zero attached hydrogens (tertiary/aromatic N) is 1. The molecule has 0 spiro atoms. The van der Waals surface area contributed by atoms with Gasteiger partial charge in [0, 0.05) is 32.2 Å². The van der Waals surface area contributed by atoms with Gasteiger partial charge in [0.25, 0.3) is 0 Å². The van der Waals surface area contributed by atoms with E-state index >= 15 is 0 Å². The lowest BCUT2D eigenvalue weighted by molar-refractivity contribution is 0.165. The van der Waals surface area contributed by atoms with Gasteiger partial charge in [-0.1, -0.05) is 23.7 Å². The van der Waals surface area contributed by atoms with Crippen molar-refractivity contribution in [3.8, 4) is 5.75 Å². The lowest BCUT2D eigenvalue weighted by atomic mass is 10.1. The molecule has 1 aliphatic heterocycles. The van der Waals surface area contributed by atoms with Crippen LogP contribution in [0.25, 0.3) is 0 Å². The van der Waals surface area contributed by atoms with Crippen LogP contribution in [0, 0.1) is 0 Å². The van der Waals surface area contributed by atoms with Crippen molar-refractivity contribution < 1.29 is 4.74 Å². The van der Waals surface area contributed by atoms with Gasteiger partial charge in [-0.15, -0.1) is 0 Å². The van der Waals surface area contributed by atoms with Crippen LogP contribution >= 0.6 is 11.6 Å². The maximum absolute atomic E-state index is 6.31. The lowest BCUT2D eigenvalue weighted by Crippen LogP contribution is -2.49. The summed E-state index contributed by atoms with van der Waals surface area (Å²) in [5, 5.41) is 4.12. The molecule has 1 aromatic carbocycles. The second kappa shape index (κ2) is 5.71. The van der Waals surface area contributed by atoms with E-state index in [9.17, 15) is 0 Å². The van der Waals surface area contributed by atoms with Gasteiger partial charge in [-0.3, -0.25) is 4.90 Å². The highest BCUT2D eigenvalue weighted by Gasteiger charge is 2.19. The highest BCUT2D eigenvalue weighted by molar-refractivity contribution is 6.32. The van der Waals surface area contributed by atoms with Crippen LogP contribution in [-0.2, 0) is 6.54 Å². The van der Waals surface area contributed by atoms with Crippen molar-refractivity contribution in [2.45, 2.75) is 19.5 Å². The highest BCUT2D eigenvalue weighted by Crippen LogP contribution is 2.29. The van der Waals surface area contributed by atoms with E-state index in [1.807, 2.05) is 12.1 Å². The van der Waals surface area contributed by atoms with Gasteiger partial charge in [0.15, 0.2) is 0 Å². The molecule has 1 N–H and O–H groups in total. The minimum atomic E-state index is 0.547. The van der Waals surface area contributed by atoms with Crippen molar-refractivity contribution in [3.05, 3.63) is 28.8 Å². The normalized spacial score (nSPS) is 21.5. The van der Waals surface area contributed by atoms with Crippen LogP contribution in [-0.4, -0.2) is 37.7 Å². The molecule has 1 heterocycles. The van der Waals surface area contributed by atoms with Crippen LogP contribution < -0.4 is 10.1 Å². The summed E-state index contributed by atoms with van der Waals surface area (Å²) in [6, 6.07) is 6.51. The van der Waals surface area contributed by atoms with E-state index in [1.54, 1.807) is 7.11 Å². The molecule has 3 nitrogen and oxygen atoms in total. The summed E-state index contributed by atoms with van der Waals surface area (Å²) in [4.78, 5) is 2.44. The fourth-order valence-corrected chi connectivity index (χ4v) is 2.44. The maximum Gasteiger partial charge on any atom is 0.137 e. The van der Waals surface area contributed by atoms with Crippen LogP contribution in [0.3, 0.4) is 0 Å². The number of methoxy groups -OCH3 is 1. The molecule has 4 heteroatoms. The molecule has 0 amide bonds. The molecule has 1 unspecified atom stereocenters. The molecule has 94 valence electrons. The third-order valence-electron chi connectivity index (χ3n) is 3.28. The van der Waals surface area contributed by atoms with E-state index in [0.717, 1.165) is 42.5 Å². The van der Waals surface area contributed by atoms with Crippen molar-refractivity contribution in [1.82, 2.24) is 10.2 Å². The summed E-state index contributed by atoms with van der Waals surface area (Å²) in [6.45, 7) is 6.28. The fraction of sp³-hybridized carbons (Fsp3) is 0.538. The number of benzene rings is 1. The molecular formula is C13H19ClN2O. The molecule has 1 aliphatic rings. The number of nitrogens with one attached hydrogen (secondary N) is 1. The highest BCUT2D eigenvalue weighted by atomic mass is 35.5. The van der Waals surface area contributed by atoms with E-state index in [0.29, 0.717) is 6.04 Å². The van der Waals surface area contributed by atoms with Gasteiger partial charge < -0.3 is 10.1 Å². The summed E-state index contributed by atoms with van der Waals surface area (Å²) in [6.07, 6.45) is 0. The summed E-state index contributed by atoms with van der Waals surface area (Å²) in [7, 11) is 1.65. The number of hydrogen-bond acceptors (Lipinski definition) is 3. The smallest absolute Gasteiger partial charge is 0.137 e. The summed E-state index contributed by atoms with van der Waals surface area (Å²) in [5.74, 6) is 0.756. The van der Waals surface area contributed by atoms with Gasteiger partial charge in [-0.25, -0.2) is 0 Å². The average Bonchev–Trinajstić information content (AvgIpc) is 2.34. The van der Waals surface area contributed by atoms with Crippen LogP contribution in [0.15, 0.2) is 18.2 Å². The van der Waals surface area contributed by atoms with Crippen LogP contribution in [0.5, 0.6) is 5.75 Å². The summed E-state index contributed by atoms with van der Waals surface area (Å²) >= 11 is 6.31. The Morgan fingerprint density at radius 1 is 1.53 bits per heavy atom. The Bertz CT molecular complexity index is 384. The van der Waals surface area contributed by atoms with E-state index in [2.05, 4.69) is 23.2 Å². The van der Waals surface area contributed by atoms with Crippen LogP contribution in [0.2, 0.25) is 5.02 Å². The standard InChI is InChI=1S/C13H19ClN2O/c1-10-8-15-6-7-16(10)9-11-4-3-5-12(17-2)13(11)14/h3-5,10,15H,6-9H2,1-2H3. The van der Waals surface area contributed by atoms with Crippen LogP contribution in [0.4, 0.5) is 0 Å². The lowest BCUT2D eigenvalue weighted by Gasteiger charge is -2.34. The Morgan fingerprint density at radius 3 is 3.06 bits per heavy atom. The molecule has 0 saturated carbocycles. The van der Waals surface area contributed by atoms with Crippen molar-refractivity contribution in [3.63, 3.8) is 0 Å². The number of piperazine rings is 1. The first-order valence-electron chi connectivity index (χ1n) is 5.98. The number of hydrogen-bond donors (Lipinski definition) is 1. The number of ether oxygens (including phenoxy) is 1. The van der Waals surface area contributed by atoms with E-state index in [4.69, 9.17) is 16.3 Å². The second-order valence-corrected chi connectivity index (χ2v) is 4.83. The van der Waals surface area contributed by atoms with Gasteiger partial charge >= 0.3 is 0 Å². The Labute approximate surface area is 108 Å². The van der Waals surface area contributed by atoms with E-state index in [-0.39, 0.29) is 0 Å². The van der Waals surface area contributed by atoms with E-state index < -0.39 is 0 Å². The molecule has 1 atom stereocenters. The summed E-state index contributed by atoms with van der Waals surface area (Å²) < 4.78 is 5.24. The Hall–Kier alpha value is -0.770. The third kappa shape index (κ3) is 2.92. The molecule has 2 rings (SSSR count). The monoisotopic (exact) mass is 254 g/mol. The van der Waals surface area contributed by atoms with Crippen molar-refractivity contribution in [2.75, 3.05) is 26.7 Å². The SMILES string of the molecule is COc1cccc(CN2CCNCC2C)c1Cl. The van der Waals surface area contributed by atoms with Gasteiger partial charge in [-0.05, 0) is 18.6 Å². The van der Waals surface area contributed by atoms with Gasteiger partial charge in [0.1, 0.15) is 5.75 Å². The Kier molecular flexibility index (Phi) is 4.26. The Morgan fingerprint density at radius 2 is 2.35 bits per heavy atom. The zero-order valence-electron chi connectivity index (χ0n) is 10.4. The molecule has 1 saturated heterocycles. The average molecular weight is 255 g/mol. The fourth-order valence-electron chi connectivity index (χ4n) is 2.17. The molecule has 17 heavy (non-hydrogen) atoms. The molecular weight excluding hydrogens is 236 g/mol. The first kappa shape index (κ1) is 12.7. The zero-order valence-corrected chi connectivity index (χ0v) is 11.1. The largest absolute Gasteiger partial charge is 0.495 e. The first-order chi connectivity index (χ1) is 8.22. The quantitative estimate of drug-likeness (QED) is 0.895. The molecule has 0 bridgehead atoms. The zero-order chi connectivity index (χ0) is 12.3. The summed E-state index contributed by atoms with van der Waals surface area (Å²) in [5.41, 5.74) is 1.14. The van der Waals surface area contributed by atoms with Gasteiger partial charge in [-0.2, -0.15) is 0 Å². The third-order valence-corrected chi connectivity index (χ3v) is 3.70. The minimum Gasteiger partial charge on any atom is -0.495 e. The van der Waals surface area contributed by atoms with Gasteiger partial charge in [0.05, 0.1) is 12.1 Å². The first-order valence-corrected chi connectivity index (χ1v) is 6.36. The molecule has 0 aromatic heterocycles. The van der Waals surface area contributed by atoms with E-state index in [1.165, 1.54) is 0 Å². The molecule has 0 aliphatic carbocycles. The number of rotatable bonds is 3. The molecule has 1 aromatic rings. The van der Waals surface area contributed by atoms with Crippen molar-refractivity contribution in [1.29, 1.82) is 0 Å². The maximum atomic E-state index is 6.31. The van der Waals surface area contributed by atoms with Crippen molar-refractivity contribution >= 4 is 11.6 Å². The molecule has 1 fully saturated rings. The second-order valence-electron chi connectivity index (χ2n) is 4.46. The molecule has 0 radical (unpaired) electrons. The predicted molar refractivity (Wildman–Crippen MR) is 70.7 cm³/mol. The Balaban J connectivity index is 2.12. The van der Waals surface area contributed by atoms with Crippen LogP contribution in [0.1, 0.15) is 12.5 Å². The topological polar surface area (TPSA) is 24.5 Å². The van der Waals surface area contributed by atoms with Gasteiger partial charge in [0.2, 0.25) is 0 Å².